The highest BCUT2D eigenvalue weighted by molar-refractivity contribution is 7.14. The SMILES string of the molecule is Cc1ccc(-c2csc(NC(=O)CN3CCCC(CCC(=O)O)C3)n2)cc1. The van der Waals surface area contributed by atoms with Gasteiger partial charge in [0.25, 0.3) is 0 Å². The number of nitrogens with one attached hydrogen (secondary N) is 1. The lowest BCUT2D eigenvalue weighted by Gasteiger charge is -2.31. The van der Waals surface area contributed by atoms with Gasteiger partial charge in [0.05, 0.1) is 12.2 Å². The maximum Gasteiger partial charge on any atom is 0.303 e. The summed E-state index contributed by atoms with van der Waals surface area (Å²) >= 11 is 1.42. The molecule has 2 aromatic rings. The monoisotopic (exact) mass is 387 g/mol. The van der Waals surface area contributed by atoms with Crippen LogP contribution in [0.1, 0.15) is 31.2 Å². The summed E-state index contributed by atoms with van der Waals surface area (Å²) in [5.41, 5.74) is 3.10. The van der Waals surface area contributed by atoms with Gasteiger partial charge >= 0.3 is 5.97 Å². The van der Waals surface area contributed by atoms with Gasteiger partial charge in [-0.2, -0.15) is 0 Å². The number of likely N-dealkylation sites (tertiary alicyclic amines) is 1. The maximum absolute atomic E-state index is 12.4. The number of amides is 1. The summed E-state index contributed by atoms with van der Waals surface area (Å²) in [5.74, 6) is -0.465. The molecule has 0 aliphatic carbocycles. The van der Waals surface area contributed by atoms with Crippen LogP contribution in [0.15, 0.2) is 29.6 Å². The standard InChI is InChI=1S/C20H25N3O3S/c1-14-4-7-16(8-5-14)17-13-27-20(21-17)22-18(24)12-23-10-2-3-15(11-23)6-9-19(25)26/h4-5,7-8,13,15H,2-3,6,9-12H2,1H3,(H,25,26)(H,21,22,24). The van der Waals surface area contributed by atoms with E-state index in [0.717, 1.165) is 37.2 Å². The normalized spacial score (nSPS) is 17.6. The Morgan fingerprint density at radius 1 is 1.33 bits per heavy atom. The number of aliphatic carboxylic acids is 1. The van der Waals surface area contributed by atoms with Crippen LogP contribution in [-0.4, -0.2) is 46.5 Å². The van der Waals surface area contributed by atoms with Crippen molar-refractivity contribution in [1.29, 1.82) is 0 Å². The molecule has 6 nitrogen and oxygen atoms in total. The van der Waals surface area contributed by atoms with Crippen LogP contribution in [0.2, 0.25) is 0 Å². The number of hydrogen-bond acceptors (Lipinski definition) is 5. The van der Waals surface area contributed by atoms with Gasteiger partial charge in [0.1, 0.15) is 0 Å². The number of thiazole rings is 1. The second kappa shape index (κ2) is 9.10. The minimum absolute atomic E-state index is 0.0707. The molecule has 1 atom stereocenters. The molecule has 1 aromatic heterocycles. The minimum atomic E-state index is -0.752. The van der Waals surface area contributed by atoms with E-state index in [0.29, 0.717) is 24.0 Å². The van der Waals surface area contributed by atoms with Crippen molar-refractivity contribution in [2.75, 3.05) is 25.0 Å². The lowest BCUT2D eigenvalue weighted by atomic mass is 9.93. The first-order chi connectivity index (χ1) is 13.0. The summed E-state index contributed by atoms with van der Waals surface area (Å²) in [6, 6.07) is 8.15. The fraction of sp³-hybridized carbons (Fsp3) is 0.450. The molecule has 3 rings (SSSR count). The van der Waals surface area contributed by atoms with E-state index >= 15 is 0 Å². The van der Waals surface area contributed by atoms with E-state index in [2.05, 4.69) is 15.2 Å². The van der Waals surface area contributed by atoms with Crippen LogP contribution >= 0.6 is 11.3 Å². The highest BCUT2D eigenvalue weighted by Crippen LogP contribution is 2.25. The number of benzene rings is 1. The van der Waals surface area contributed by atoms with E-state index in [1.807, 2.05) is 36.6 Å². The molecule has 1 unspecified atom stereocenters. The Labute approximate surface area is 163 Å². The Morgan fingerprint density at radius 3 is 2.85 bits per heavy atom. The predicted molar refractivity (Wildman–Crippen MR) is 107 cm³/mol. The Hall–Kier alpha value is -2.25. The average Bonchev–Trinajstić information content (AvgIpc) is 3.09. The number of carbonyl (C=O) groups excluding carboxylic acids is 1. The fourth-order valence-electron chi connectivity index (χ4n) is 3.41. The third kappa shape index (κ3) is 5.87. The van der Waals surface area contributed by atoms with Gasteiger partial charge in [-0.3, -0.25) is 14.5 Å². The smallest absolute Gasteiger partial charge is 0.303 e. The predicted octanol–water partition coefficient (Wildman–Crippen LogP) is 3.63. The van der Waals surface area contributed by atoms with Gasteiger partial charge in [0, 0.05) is 23.9 Å². The van der Waals surface area contributed by atoms with Crippen molar-refractivity contribution >= 4 is 28.3 Å². The Kier molecular flexibility index (Phi) is 6.58. The first-order valence-electron chi connectivity index (χ1n) is 9.26. The molecule has 2 N–H and O–H groups in total. The van der Waals surface area contributed by atoms with Crippen LogP contribution in [0.3, 0.4) is 0 Å². The van der Waals surface area contributed by atoms with Gasteiger partial charge in [-0.05, 0) is 38.6 Å². The molecule has 0 spiro atoms. The molecule has 1 fully saturated rings. The molecule has 1 aliphatic rings. The van der Waals surface area contributed by atoms with Crippen LogP contribution in [-0.2, 0) is 9.59 Å². The van der Waals surface area contributed by atoms with Crippen LogP contribution in [0.25, 0.3) is 11.3 Å². The lowest BCUT2D eigenvalue weighted by molar-refractivity contribution is -0.137. The topological polar surface area (TPSA) is 82.5 Å². The number of hydrogen-bond donors (Lipinski definition) is 2. The molecule has 27 heavy (non-hydrogen) atoms. The number of aryl methyl sites for hydroxylation is 1. The van der Waals surface area contributed by atoms with E-state index in [-0.39, 0.29) is 12.3 Å². The van der Waals surface area contributed by atoms with Crippen LogP contribution in [0.5, 0.6) is 0 Å². The van der Waals surface area contributed by atoms with Gasteiger partial charge in [-0.15, -0.1) is 11.3 Å². The number of anilines is 1. The van der Waals surface area contributed by atoms with E-state index in [1.54, 1.807) is 0 Å². The number of carboxylic acid groups (broad SMARTS) is 1. The highest BCUT2D eigenvalue weighted by Gasteiger charge is 2.22. The molecule has 1 aromatic carbocycles. The highest BCUT2D eigenvalue weighted by atomic mass is 32.1. The molecule has 0 saturated carbocycles. The van der Waals surface area contributed by atoms with Crippen molar-refractivity contribution in [2.24, 2.45) is 5.92 Å². The third-order valence-electron chi connectivity index (χ3n) is 4.83. The number of carbonyl (C=O) groups is 2. The van der Waals surface area contributed by atoms with Crippen molar-refractivity contribution in [3.63, 3.8) is 0 Å². The van der Waals surface area contributed by atoms with Crippen molar-refractivity contribution in [2.45, 2.75) is 32.6 Å². The summed E-state index contributed by atoms with van der Waals surface area (Å²) in [7, 11) is 0. The van der Waals surface area contributed by atoms with Gasteiger partial charge in [0.15, 0.2) is 5.13 Å². The Balaban J connectivity index is 1.50. The summed E-state index contributed by atoms with van der Waals surface area (Å²) in [5, 5.41) is 14.3. The molecule has 0 bridgehead atoms. The van der Waals surface area contributed by atoms with E-state index in [9.17, 15) is 9.59 Å². The van der Waals surface area contributed by atoms with Crippen LogP contribution in [0, 0.1) is 12.8 Å². The molecular weight excluding hydrogens is 362 g/mol. The average molecular weight is 388 g/mol. The number of aromatic nitrogens is 1. The summed E-state index contributed by atoms with van der Waals surface area (Å²) in [6.07, 6.45) is 2.93. The van der Waals surface area contributed by atoms with Crippen LogP contribution < -0.4 is 5.32 Å². The van der Waals surface area contributed by atoms with Crippen molar-refractivity contribution in [1.82, 2.24) is 9.88 Å². The lowest BCUT2D eigenvalue weighted by Crippen LogP contribution is -2.40. The van der Waals surface area contributed by atoms with E-state index in [4.69, 9.17) is 5.11 Å². The summed E-state index contributed by atoms with van der Waals surface area (Å²) in [4.78, 5) is 29.7. The quantitative estimate of drug-likeness (QED) is 0.758. The van der Waals surface area contributed by atoms with Crippen molar-refractivity contribution < 1.29 is 14.7 Å². The van der Waals surface area contributed by atoms with Crippen LogP contribution in [0.4, 0.5) is 5.13 Å². The molecule has 2 heterocycles. The third-order valence-corrected chi connectivity index (χ3v) is 5.59. The molecule has 1 amide bonds. The van der Waals surface area contributed by atoms with E-state index < -0.39 is 5.97 Å². The summed E-state index contributed by atoms with van der Waals surface area (Å²) in [6.45, 7) is 4.03. The van der Waals surface area contributed by atoms with Gasteiger partial charge in [-0.25, -0.2) is 4.98 Å². The number of carboxylic acids is 1. The second-order valence-corrected chi connectivity index (χ2v) is 7.99. The summed E-state index contributed by atoms with van der Waals surface area (Å²) < 4.78 is 0. The first kappa shape index (κ1) is 19.5. The maximum atomic E-state index is 12.4. The van der Waals surface area contributed by atoms with Gasteiger partial charge < -0.3 is 10.4 Å². The Bertz CT molecular complexity index is 788. The van der Waals surface area contributed by atoms with E-state index in [1.165, 1.54) is 16.9 Å². The fourth-order valence-corrected chi connectivity index (χ4v) is 4.14. The van der Waals surface area contributed by atoms with Gasteiger partial charge in [-0.1, -0.05) is 29.8 Å². The first-order valence-corrected chi connectivity index (χ1v) is 10.1. The van der Waals surface area contributed by atoms with Gasteiger partial charge in [0.2, 0.25) is 5.91 Å². The Morgan fingerprint density at radius 2 is 2.11 bits per heavy atom. The number of nitrogens with zero attached hydrogens (tertiary/aromatic N) is 2. The molecule has 1 aliphatic heterocycles. The zero-order valence-electron chi connectivity index (χ0n) is 15.5. The number of piperidine rings is 1. The molecule has 7 heteroatoms. The van der Waals surface area contributed by atoms with Crippen molar-refractivity contribution in [3.8, 4) is 11.3 Å². The molecule has 0 radical (unpaired) electrons. The largest absolute Gasteiger partial charge is 0.481 e. The minimum Gasteiger partial charge on any atom is -0.481 e. The second-order valence-electron chi connectivity index (χ2n) is 7.13. The van der Waals surface area contributed by atoms with Crippen molar-refractivity contribution in [3.05, 3.63) is 35.2 Å². The molecule has 144 valence electrons. The zero-order valence-corrected chi connectivity index (χ0v) is 16.3. The molecular formula is C20H25N3O3S. The number of rotatable bonds is 7. The zero-order chi connectivity index (χ0) is 19.2. The molecule has 1 saturated heterocycles.